The molecule has 1 rings (SSSR count). The molecule has 1 N–H and O–H groups in total. The molecular formula is C10H7ClF4N2. The van der Waals surface area contributed by atoms with Gasteiger partial charge in [0, 0.05) is 0 Å². The minimum Gasteiger partial charge on any atom is -0.378 e. The Bertz CT molecular complexity index is 442. The van der Waals surface area contributed by atoms with Crippen molar-refractivity contribution in [2.45, 2.75) is 12.3 Å². The molecule has 0 aromatic heterocycles. The number of hydrogen-bond acceptors (Lipinski definition) is 2. The van der Waals surface area contributed by atoms with Crippen molar-refractivity contribution in [3.8, 4) is 6.07 Å². The number of nitriles is 1. The maximum atomic E-state index is 12.6. The lowest BCUT2D eigenvalue weighted by molar-refractivity contribution is -0.117. The van der Waals surface area contributed by atoms with Gasteiger partial charge in [-0.15, -0.1) is 0 Å². The Balaban J connectivity index is 2.84. The molecule has 0 unspecified atom stereocenters. The lowest BCUT2D eigenvalue weighted by Gasteiger charge is -2.17. The molecule has 0 aliphatic carbocycles. The number of nitrogens with zero attached hydrogens (tertiary/aromatic N) is 1. The van der Waals surface area contributed by atoms with E-state index in [0.717, 1.165) is 0 Å². The zero-order valence-corrected chi connectivity index (χ0v) is 9.11. The zero-order chi connectivity index (χ0) is 13.1. The van der Waals surface area contributed by atoms with E-state index in [2.05, 4.69) is 5.32 Å². The van der Waals surface area contributed by atoms with Crippen molar-refractivity contribution in [2.75, 3.05) is 11.9 Å². The topological polar surface area (TPSA) is 35.8 Å². The molecular weight excluding hydrogens is 260 g/mol. The van der Waals surface area contributed by atoms with Gasteiger partial charge in [-0.25, -0.2) is 8.78 Å². The minimum absolute atomic E-state index is 0.000301. The summed E-state index contributed by atoms with van der Waals surface area (Å²) >= 11 is 5.64. The van der Waals surface area contributed by atoms with Gasteiger partial charge in [0.15, 0.2) is 0 Å². The normalized spacial score (nSPS) is 11.4. The van der Waals surface area contributed by atoms with Crippen molar-refractivity contribution in [3.63, 3.8) is 0 Å². The maximum absolute atomic E-state index is 12.6. The van der Waals surface area contributed by atoms with Gasteiger partial charge < -0.3 is 5.32 Å². The van der Waals surface area contributed by atoms with Gasteiger partial charge in [-0.1, -0.05) is 17.7 Å². The van der Waals surface area contributed by atoms with Crippen LogP contribution in [0.15, 0.2) is 18.2 Å². The molecule has 0 amide bonds. The average molecular weight is 267 g/mol. The third-order valence-electron chi connectivity index (χ3n) is 1.96. The second-order valence-corrected chi connectivity index (χ2v) is 3.60. The largest absolute Gasteiger partial charge is 0.378 e. The molecule has 1 aromatic rings. The second-order valence-electron chi connectivity index (χ2n) is 3.19. The zero-order valence-electron chi connectivity index (χ0n) is 8.35. The standard InChI is InChI=1S/C10H7ClF4N2/c11-7-2-1-3-8(6(7)4-16)17-5-10(14,15)9(12)13/h1-3,9,17H,5H2. The van der Waals surface area contributed by atoms with Gasteiger partial charge in [-0.2, -0.15) is 14.0 Å². The first-order valence-corrected chi connectivity index (χ1v) is 4.84. The van der Waals surface area contributed by atoms with E-state index in [1.165, 1.54) is 18.2 Å². The van der Waals surface area contributed by atoms with E-state index in [4.69, 9.17) is 16.9 Å². The first-order chi connectivity index (χ1) is 7.88. The van der Waals surface area contributed by atoms with Crippen molar-refractivity contribution in [1.29, 1.82) is 5.26 Å². The third kappa shape index (κ3) is 3.24. The Kier molecular flexibility index (Phi) is 4.18. The highest BCUT2D eigenvalue weighted by atomic mass is 35.5. The fourth-order valence-corrected chi connectivity index (χ4v) is 1.29. The van der Waals surface area contributed by atoms with Gasteiger partial charge in [0.2, 0.25) is 0 Å². The SMILES string of the molecule is N#Cc1c(Cl)cccc1NCC(F)(F)C(F)F. The van der Waals surface area contributed by atoms with E-state index in [0.29, 0.717) is 0 Å². The number of alkyl halides is 4. The van der Waals surface area contributed by atoms with Crippen LogP contribution in [0.1, 0.15) is 5.56 Å². The van der Waals surface area contributed by atoms with Crippen molar-refractivity contribution in [2.24, 2.45) is 0 Å². The molecule has 0 radical (unpaired) electrons. The average Bonchev–Trinajstić information content (AvgIpc) is 2.26. The van der Waals surface area contributed by atoms with E-state index in [-0.39, 0.29) is 16.3 Å². The lowest BCUT2D eigenvalue weighted by Crippen LogP contribution is -2.35. The predicted molar refractivity (Wildman–Crippen MR) is 55.6 cm³/mol. The number of anilines is 1. The fourth-order valence-electron chi connectivity index (χ4n) is 1.08. The van der Waals surface area contributed by atoms with Crippen molar-refractivity contribution in [1.82, 2.24) is 0 Å². The van der Waals surface area contributed by atoms with E-state index in [1.54, 1.807) is 6.07 Å². The van der Waals surface area contributed by atoms with Gasteiger partial charge in [-0.05, 0) is 12.1 Å². The monoisotopic (exact) mass is 266 g/mol. The summed E-state index contributed by atoms with van der Waals surface area (Å²) in [7, 11) is 0. The number of rotatable bonds is 4. The highest BCUT2D eigenvalue weighted by molar-refractivity contribution is 6.32. The highest BCUT2D eigenvalue weighted by Crippen LogP contribution is 2.27. The molecule has 0 fully saturated rings. The highest BCUT2D eigenvalue weighted by Gasteiger charge is 2.40. The molecule has 0 aliphatic rings. The summed E-state index contributed by atoms with van der Waals surface area (Å²) in [5, 5.41) is 10.9. The van der Waals surface area contributed by atoms with Gasteiger partial charge >= 0.3 is 12.3 Å². The molecule has 0 saturated carbocycles. The van der Waals surface area contributed by atoms with Crippen LogP contribution in [-0.4, -0.2) is 18.9 Å². The molecule has 0 atom stereocenters. The summed E-state index contributed by atoms with van der Waals surface area (Å²) in [4.78, 5) is 0. The Labute approximate surface area is 99.8 Å². The number of halogens is 5. The van der Waals surface area contributed by atoms with Crippen LogP contribution in [0.25, 0.3) is 0 Å². The predicted octanol–water partition coefficient (Wildman–Crippen LogP) is 3.52. The van der Waals surface area contributed by atoms with Crippen LogP contribution in [0, 0.1) is 11.3 Å². The van der Waals surface area contributed by atoms with Crippen molar-refractivity contribution >= 4 is 17.3 Å². The van der Waals surface area contributed by atoms with E-state index in [1.807, 2.05) is 0 Å². The summed E-state index contributed by atoms with van der Waals surface area (Å²) in [5.41, 5.74) is -0.0560. The summed E-state index contributed by atoms with van der Waals surface area (Å²) < 4.78 is 49.1. The van der Waals surface area contributed by atoms with Gasteiger partial charge in [-0.3, -0.25) is 0 Å². The van der Waals surface area contributed by atoms with Crippen LogP contribution in [0.4, 0.5) is 23.2 Å². The first kappa shape index (κ1) is 13.6. The van der Waals surface area contributed by atoms with Crippen LogP contribution in [0.5, 0.6) is 0 Å². The molecule has 17 heavy (non-hydrogen) atoms. The van der Waals surface area contributed by atoms with E-state index >= 15 is 0 Å². The Morgan fingerprint density at radius 2 is 2.06 bits per heavy atom. The van der Waals surface area contributed by atoms with Gasteiger partial charge in [0.25, 0.3) is 0 Å². The Hall–Kier alpha value is -1.48. The first-order valence-electron chi connectivity index (χ1n) is 4.47. The molecule has 1 aromatic carbocycles. The van der Waals surface area contributed by atoms with Crippen LogP contribution in [-0.2, 0) is 0 Å². The molecule has 2 nitrogen and oxygen atoms in total. The molecule has 0 heterocycles. The van der Waals surface area contributed by atoms with Gasteiger partial charge in [0.1, 0.15) is 6.07 Å². The molecule has 0 aliphatic heterocycles. The summed E-state index contributed by atoms with van der Waals surface area (Å²) in [6.45, 7) is -1.26. The summed E-state index contributed by atoms with van der Waals surface area (Å²) in [6, 6.07) is 5.84. The smallest absolute Gasteiger partial charge is 0.324 e. The Morgan fingerprint density at radius 1 is 1.41 bits per heavy atom. The van der Waals surface area contributed by atoms with Crippen LogP contribution < -0.4 is 5.32 Å². The summed E-state index contributed by atoms with van der Waals surface area (Å²) in [6.07, 6.45) is -3.76. The quantitative estimate of drug-likeness (QED) is 0.847. The van der Waals surface area contributed by atoms with Gasteiger partial charge in [0.05, 0.1) is 22.8 Å². The van der Waals surface area contributed by atoms with E-state index < -0.39 is 18.9 Å². The molecule has 92 valence electrons. The number of nitrogens with one attached hydrogen (secondary N) is 1. The Morgan fingerprint density at radius 3 is 2.59 bits per heavy atom. The van der Waals surface area contributed by atoms with Crippen LogP contribution >= 0.6 is 11.6 Å². The minimum atomic E-state index is -4.16. The van der Waals surface area contributed by atoms with Crippen molar-refractivity contribution in [3.05, 3.63) is 28.8 Å². The van der Waals surface area contributed by atoms with Crippen molar-refractivity contribution < 1.29 is 17.6 Å². The molecule has 0 bridgehead atoms. The molecule has 0 saturated heterocycles. The maximum Gasteiger partial charge on any atom is 0.324 e. The third-order valence-corrected chi connectivity index (χ3v) is 2.27. The summed E-state index contributed by atoms with van der Waals surface area (Å²) in [5.74, 6) is -4.16. The molecule has 7 heteroatoms. The molecule has 0 spiro atoms. The fraction of sp³-hybridized carbons (Fsp3) is 0.300. The lowest BCUT2D eigenvalue weighted by atomic mass is 10.2. The van der Waals surface area contributed by atoms with E-state index in [9.17, 15) is 17.6 Å². The van der Waals surface area contributed by atoms with Crippen LogP contribution in [0.3, 0.4) is 0 Å². The second kappa shape index (κ2) is 5.23. The van der Waals surface area contributed by atoms with Crippen LogP contribution in [0.2, 0.25) is 5.02 Å². The number of benzene rings is 1. The number of hydrogen-bond donors (Lipinski definition) is 1.